The Labute approximate surface area is 195 Å². The number of hydrogen-bond acceptors (Lipinski definition) is 5. The predicted octanol–water partition coefficient (Wildman–Crippen LogP) is 3.84. The van der Waals surface area contributed by atoms with E-state index in [9.17, 15) is 14.4 Å². The van der Waals surface area contributed by atoms with Crippen LogP contribution in [0.5, 0.6) is 0 Å². The van der Waals surface area contributed by atoms with Crippen LogP contribution in [-0.4, -0.2) is 38.7 Å². The summed E-state index contributed by atoms with van der Waals surface area (Å²) in [6, 6.07) is 16.7. The fourth-order valence-electron chi connectivity index (χ4n) is 3.48. The third-order valence-corrected chi connectivity index (χ3v) is 4.90. The number of hydrogen-bond donors (Lipinski definition) is 3. The fourth-order valence-corrected chi connectivity index (χ4v) is 3.48. The highest BCUT2D eigenvalue weighted by molar-refractivity contribution is 5.96. The Morgan fingerprint density at radius 1 is 1.06 bits per heavy atom. The van der Waals surface area contributed by atoms with Gasteiger partial charge in [0, 0.05) is 23.1 Å². The van der Waals surface area contributed by atoms with Crippen LogP contribution in [0, 0.1) is 0 Å². The number of alkyl carbamates (subject to hydrolysis) is 1. The third-order valence-electron chi connectivity index (χ3n) is 4.90. The number of para-hydroxylation sites is 1. The quantitative estimate of drug-likeness (QED) is 0.419. The zero-order valence-corrected chi connectivity index (χ0v) is 19.1. The molecule has 0 aliphatic rings. The Morgan fingerprint density at radius 2 is 1.76 bits per heavy atom. The van der Waals surface area contributed by atoms with Gasteiger partial charge in [0.1, 0.15) is 12.1 Å². The first-order valence-corrected chi connectivity index (χ1v) is 10.7. The molecule has 34 heavy (non-hydrogen) atoms. The first-order valence-electron chi connectivity index (χ1n) is 10.7. The topological polar surface area (TPSA) is 118 Å². The number of amides is 2. The molecule has 2 aromatic carbocycles. The number of anilines is 1. The number of benzene rings is 2. The second-order valence-corrected chi connectivity index (χ2v) is 8.66. The number of nitrogens with zero attached hydrogens (tertiary/aromatic N) is 2. The molecule has 0 saturated carbocycles. The largest absolute Gasteiger partial charge is 0.444 e. The molecule has 0 fully saturated rings. The van der Waals surface area contributed by atoms with Gasteiger partial charge in [-0.15, -0.1) is 0 Å². The number of fused-ring (bicyclic) bond motifs is 1. The smallest absolute Gasteiger partial charge is 0.408 e. The molecule has 4 aromatic rings. The first kappa shape index (κ1) is 22.8. The van der Waals surface area contributed by atoms with E-state index in [2.05, 4.69) is 20.6 Å². The lowest BCUT2D eigenvalue weighted by Gasteiger charge is -2.19. The Hall–Kier alpha value is -4.40. The maximum Gasteiger partial charge on any atom is 0.408 e. The Balaban J connectivity index is 1.53. The van der Waals surface area contributed by atoms with Gasteiger partial charge >= 0.3 is 6.09 Å². The summed E-state index contributed by atoms with van der Waals surface area (Å²) in [5.74, 6) is -0.389. The Kier molecular flexibility index (Phi) is 6.18. The van der Waals surface area contributed by atoms with Crippen molar-refractivity contribution in [3.05, 3.63) is 77.5 Å². The van der Waals surface area contributed by atoms with Crippen LogP contribution in [0.4, 0.5) is 10.5 Å². The van der Waals surface area contributed by atoms with Crippen LogP contribution in [0.15, 0.2) is 71.9 Å². The van der Waals surface area contributed by atoms with Crippen LogP contribution >= 0.6 is 0 Å². The van der Waals surface area contributed by atoms with Crippen LogP contribution in [0.1, 0.15) is 20.8 Å². The van der Waals surface area contributed by atoms with Gasteiger partial charge in [0.25, 0.3) is 5.56 Å². The molecule has 0 bridgehead atoms. The van der Waals surface area contributed by atoms with E-state index < -0.39 is 11.7 Å². The van der Waals surface area contributed by atoms with Gasteiger partial charge in [0.15, 0.2) is 5.65 Å². The maximum absolute atomic E-state index is 12.6. The fraction of sp³-hybridized carbons (Fsp3) is 0.200. The Bertz CT molecular complexity index is 1380. The van der Waals surface area contributed by atoms with Gasteiger partial charge in [-0.1, -0.05) is 30.3 Å². The molecule has 2 aromatic heterocycles. The average Bonchev–Trinajstić information content (AvgIpc) is 3.19. The third kappa shape index (κ3) is 5.15. The highest BCUT2D eigenvalue weighted by atomic mass is 16.6. The van der Waals surface area contributed by atoms with Gasteiger partial charge in [-0.05, 0) is 50.6 Å². The summed E-state index contributed by atoms with van der Waals surface area (Å²) in [6.07, 6.45) is 2.60. The summed E-state index contributed by atoms with van der Waals surface area (Å²) in [7, 11) is 0. The molecule has 2 heterocycles. The van der Waals surface area contributed by atoms with Crippen LogP contribution in [-0.2, 0) is 9.53 Å². The number of rotatable bonds is 5. The van der Waals surface area contributed by atoms with Gasteiger partial charge in [0.2, 0.25) is 5.91 Å². The van der Waals surface area contributed by atoms with E-state index in [1.165, 1.54) is 6.33 Å². The molecule has 0 spiro atoms. The lowest BCUT2D eigenvalue weighted by atomic mass is 10.1. The number of aromatic nitrogens is 3. The molecule has 0 aliphatic heterocycles. The summed E-state index contributed by atoms with van der Waals surface area (Å²) in [6.45, 7) is 5.02. The SMILES string of the molecule is CC(C)(C)OC(=O)NCC(=O)Nc1ccc(-c2cn(-c3ccccc3)c3nc[nH]c(=O)c23)cc1. The summed E-state index contributed by atoms with van der Waals surface area (Å²) in [5, 5.41) is 5.62. The van der Waals surface area contributed by atoms with Gasteiger partial charge in [-0.2, -0.15) is 0 Å². The predicted molar refractivity (Wildman–Crippen MR) is 130 cm³/mol. The molecule has 3 N–H and O–H groups in total. The minimum absolute atomic E-state index is 0.220. The zero-order chi connectivity index (χ0) is 24.3. The van der Waals surface area contributed by atoms with Gasteiger partial charge < -0.3 is 24.9 Å². The van der Waals surface area contributed by atoms with Crippen molar-refractivity contribution in [1.29, 1.82) is 0 Å². The molecule has 174 valence electrons. The monoisotopic (exact) mass is 459 g/mol. The normalized spacial score (nSPS) is 11.3. The van der Waals surface area contributed by atoms with Gasteiger partial charge in [-0.3, -0.25) is 9.59 Å². The molecule has 0 radical (unpaired) electrons. The molecule has 4 rings (SSSR count). The number of aromatic amines is 1. The Morgan fingerprint density at radius 3 is 2.44 bits per heavy atom. The maximum atomic E-state index is 12.6. The van der Waals surface area contributed by atoms with Gasteiger partial charge in [0.05, 0.1) is 11.7 Å². The number of carbonyl (C=O) groups excluding carboxylic acids is 2. The molecular formula is C25H25N5O4. The zero-order valence-electron chi connectivity index (χ0n) is 19.1. The van der Waals surface area contributed by atoms with Crippen molar-refractivity contribution >= 4 is 28.7 Å². The highest BCUT2D eigenvalue weighted by Gasteiger charge is 2.17. The lowest BCUT2D eigenvalue weighted by molar-refractivity contribution is -0.115. The van der Waals surface area contributed by atoms with Crippen molar-refractivity contribution in [2.75, 3.05) is 11.9 Å². The summed E-state index contributed by atoms with van der Waals surface area (Å²) >= 11 is 0. The first-order chi connectivity index (χ1) is 16.2. The van der Waals surface area contributed by atoms with E-state index in [-0.39, 0.29) is 18.0 Å². The summed E-state index contributed by atoms with van der Waals surface area (Å²) in [4.78, 5) is 43.5. The van der Waals surface area contributed by atoms with Crippen LogP contribution in [0.3, 0.4) is 0 Å². The molecule has 9 nitrogen and oxygen atoms in total. The number of H-pyrrole nitrogens is 1. The summed E-state index contributed by atoms with van der Waals surface area (Å²) < 4.78 is 6.99. The minimum atomic E-state index is -0.661. The van der Waals surface area contributed by atoms with E-state index in [4.69, 9.17) is 4.74 Å². The molecule has 0 saturated heterocycles. The van der Waals surface area contributed by atoms with E-state index in [1.54, 1.807) is 32.9 Å². The van der Waals surface area contributed by atoms with Crippen LogP contribution < -0.4 is 16.2 Å². The number of nitrogens with one attached hydrogen (secondary N) is 3. The molecule has 2 amide bonds. The molecular weight excluding hydrogens is 434 g/mol. The molecule has 0 aliphatic carbocycles. The minimum Gasteiger partial charge on any atom is -0.444 e. The van der Waals surface area contributed by atoms with E-state index in [1.807, 2.05) is 53.2 Å². The summed E-state index contributed by atoms with van der Waals surface area (Å²) in [5.41, 5.74) is 2.63. The van der Waals surface area contributed by atoms with Crippen molar-refractivity contribution in [2.45, 2.75) is 26.4 Å². The van der Waals surface area contributed by atoms with Crippen molar-refractivity contribution in [2.24, 2.45) is 0 Å². The van der Waals surface area contributed by atoms with Crippen molar-refractivity contribution in [3.8, 4) is 16.8 Å². The number of ether oxygens (including phenoxy) is 1. The van der Waals surface area contributed by atoms with E-state index >= 15 is 0 Å². The molecule has 0 atom stereocenters. The van der Waals surface area contributed by atoms with Crippen molar-refractivity contribution < 1.29 is 14.3 Å². The average molecular weight is 460 g/mol. The lowest BCUT2D eigenvalue weighted by Crippen LogP contribution is -2.37. The van der Waals surface area contributed by atoms with Crippen molar-refractivity contribution in [1.82, 2.24) is 19.9 Å². The second kappa shape index (κ2) is 9.22. The van der Waals surface area contributed by atoms with Gasteiger partial charge in [-0.25, -0.2) is 9.78 Å². The highest BCUT2D eigenvalue weighted by Crippen LogP contribution is 2.30. The van der Waals surface area contributed by atoms with Crippen LogP contribution in [0.25, 0.3) is 27.8 Å². The molecule has 9 heteroatoms. The van der Waals surface area contributed by atoms with Crippen LogP contribution in [0.2, 0.25) is 0 Å². The van der Waals surface area contributed by atoms with E-state index in [0.717, 1.165) is 16.8 Å². The van der Waals surface area contributed by atoms with E-state index in [0.29, 0.717) is 16.7 Å². The number of carbonyl (C=O) groups is 2. The van der Waals surface area contributed by atoms with Crippen molar-refractivity contribution in [3.63, 3.8) is 0 Å². The second-order valence-electron chi connectivity index (χ2n) is 8.66. The molecule has 0 unspecified atom stereocenters. The standard InChI is InChI=1S/C25H25N5O4/c1-25(2,3)34-24(33)26-13-20(31)29-17-11-9-16(10-12-17)19-14-30(18-7-5-4-6-8-18)22-21(19)23(32)28-15-27-22/h4-12,14-15H,13H2,1-3H3,(H,26,33)(H,29,31)(H,27,28,32).